The Morgan fingerprint density at radius 2 is 1.78 bits per heavy atom. The fourth-order valence-electron chi connectivity index (χ4n) is 4.12. The number of anilines is 3. The molecule has 4 atom stereocenters. The molecule has 3 amide bonds. The van der Waals surface area contributed by atoms with E-state index in [0.29, 0.717) is 12.2 Å². The van der Waals surface area contributed by atoms with Crippen LogP contribution in [-0.2, 0) is 19.6 Å². The van der Waals surface area contributed by atoms with E-state index in [9.17, 15) is 28.2 Å². The van der Waals surface area contributed by atoms with Crippen LogP contribution in [0.5, 0.6) is 0 Å². The molecule has 17 heteroatoms. The molecule has 3 aromatic heterocycles. The number of carbonyl (C=O) groups excluding carboxylic acids is 2. The number of benzene rings is 1. The predicted octanol–water partition coefficient (Wildman–Crippen LogP) is 0.421. The van der Waals surface area contributed by atoms with Crippen molar-refractivity contribution < 1.29 is 33.0 Å². The molecule has 0 bridgehead atoms. The third-order valence-corrected chi connectivity index (χ3v) is 7.41. The van der Waals surface area contributed by atoms with Crippen LogP contribution in [0.1, 0.15) is 13.2 Å². The molecule has 0 unspecified atom stereocenters. The summed E-state index contributed by atoms with van der Waals surface area (Å²) in [7, 11) is -3.89. The maximum atomic E-state index is 12.7. The number of urea groups is 1. The quantitative estimate of drug-likeness (QED) is 0.167. The third-order valence-electron chi connectivity index (χ3n) is 6.04. The standard InChI is InChI=1S/C24H25N9O7S/c1-2-25-22(36)19-17(34)18(35)23(40-19)33-12-29-16-20(27-11-28-21(16)33)31-24(37)30-13-6-8-14(9-7-13)41(38,39)32-15-5-3-4-10-26-15/h3-12,17-19,23,34-35H,2H2,1H3,(H,25,36)(H,26,32)(H2,27,28,30,31,37)/t17-,18+,19-,23+/m0/s1. The van der Waals surface area contributed by atoms with E-state index in [-0.39, 0.29) is 27.7 Å². The van der Waals surface area contributed by atoms with Gasteiger partial charge in [-0.1, -0.05) is 6.07 Å². The minimum Gasteiger partial charge on any atom is -0.387 e. The van der Waals surface area contributed by atoms with Gasteiger partial charge in [0.25, 0.3) is 15.9 Å². The van der Waals surface area contributed by atoms with Crippen molar-refractivity contribution in [1.82, 2.24) is 29.8 Å². The fourth-order valence-corrected chi connectivity index (χ4v) is 5.13. The van der Waals surface area contributed by atoms with Gasteiger partial charge in [0.1, 0.15) is 24.4 Å². The highest BCUT2D eigenvalue weighted by Gasteiger charge is 2.47. The number of imidazole rings is 1. The van der Waals surface area contributed by atoms with Crippen molar-refractivity contribution in [2.45, 2.75) is 36.4 Å². The van der Waals surface area contributed by atoms with Crippen molar-refractivity contribution in [3.05, 3.63) is 61.3 Å². The number of carbonyl (C=O) groups is 2. The normalized spacial score (nSPS) is 20.5. The van der Waals surface area contributed by atoms with E-state index in [4.69, 9.17) is 4.74 Å². The monoisotopic (exact) mass is 583 g/mol. The van der Waals surface area contributed by atoms with Crippen LogP contribution in [0.25, 0.3) is 11.2 Å². The number of aliphatic hydroxyl groups is 2. The van der Waals surface area contributed by atoms with Crippen LogP contribution in [-0.4, -0.2) is 79.9 Å². The summed E-state index contributed by atoms with van der Waals surface area (Å²) in [5.74, 6) is -0.382. The zero-order chi connectivity index (χ0) is 29.1. The third kappa shape index (κ3) is 5.78. The molecule has 4 heterocycles. The first-order chi connectivity index (χ1) is 19.7. The number of likely N-dealkylation sites (N-methyl/N-ethyl adjacent to an activating group) is 1. The van der Waals surface area contributed by atoms with Crippen LogP contribution in [0.4, 0.5) is 22.1 Å². The summed E-state index contributed by atoms with van der Waals surface area (Å²) in [5, 5.41) is 28.5. The number of sulfonamides is 1. The van der Waals surface area contributed by atoms with Crippen molar-refractivity contribution >= 4 is 50.4 Å². The Kier molecular flexibility index (Phi) is 7.75. The number of rotatable bonds is 8. The van der Waals surface area contributed by atoms with E-state index >= 15 is 0 Å². The first-order valence-corrected chi connectivity index (χ1v) is 13.7. The summed E-state index contributed by atoms with van der Waals surface area (Å²) >= 11 is 0. The maximum absolute atomic E-state index is 12.7. The molecule has 4 aromatic rings. The second kappa shape index (κ2) is 11.4. The minimum atomic E-state index is -3.89. The van der Waals surface area contributed by atoms with Crippen molar-refractivity contribution in [3.63, 3.8) is 0 Å². The lowest BCUT2D eigenvalue weighted by Gasteiger charge is -2.16. The highest BCUT2D eigenvalue weighted by atomic mass is 32.2. The number of nitrogens with zero attached hydrogens (tertiary/aromatic N) is 5. The Morgan fingerprint density at radius 3 is 2.49 bits per heavy atom. The van der Waals surface area contributed by atoms with E-state index < -0.39 is 46.5 Å². The molecule has 1 aliphatic heterocycles. The summed E-state index contributed by atoms with van der Waals surface area (Å²) in [6.45, 7) is 2.02. The summed E-state index contributed by atoms with van der Waals surface area (Å²) in [6.07, 6.45) is -1.53. The fraction of sp³-hybridized carbons (Fsp3) is 0.250. The zero-order valence-corrected chi connectivity index (χ0v) is 22.2. The Balaban J connectivity index is 1.27. The molecule has 16 nitrogen and oxygen atoms in total. The molecule has 0 radical (unpaired) electrons. The van der Waals surface area contributed by atoms with E-state index in [2.05, 4.69) is 40.6 Å². The average molecular weight is 584 g/mol. The lowest BCUT2D eigenvalue weighted by Crippen LogP contribution is -2.42. The number of pyridine rings is 1. The van der Waals surface area contributed by atoms with E-state index in [1.165, 1.54) is 47.4 Å². The maximum Gasteiger partial charge on any atom is 0.324 e. The largest absolute Gasteiger partial charge is 0.387 e. The van der Waals surface area contributed by atoms with Crippen molar-refractivity contribution in [1.29, 1.82) is 0 Å². The number of hydrogen-bond donors (Lipinski definition) is 6. The number of nitrogens with one attached hydrogen (secondary N) is 4. The van der Waals surface area contributed by atoms with Gasteiger partial charge >= 0.3 is 6.03 Å². The van der Waals surface area contributed by atoms with Crippen LogP contribution in [0.3, 0.4) is 0 Å². The molecular formula is C24H25N9O7S. The zero-order valence-electron chi connectivity index (χ0n) is 21.4. The van der Waals surface area contributed by atoms with Crippen LogP contribution in [0.15, 0.2) is 66.2 Å². The molecule has 0 aliphatic carbocycles. The van der Waals surface area contributed by atoms with Gasteiger partial charge < -0.3 is 25.6 Å². The number of fused-ring (bicyclic) bond motifs is 1. The van der Waals surface area contributed by atoms with Crippen molar-refractivity contribution in [2.24, 2.45) is 0 Å². The van der Waals surface area contributed by atoms with Gasteiger partial charge in [0.05, 0.1) is 11.2 Å². The lowest BCUT2D eigenvalue weighted by molar-refractivity contribution is -0.137. The van der Waals surface area contributed by atoms with Crippen molar-refractivity contribution in [2.75, 3.05) is 21.9 Å². The SMILES string of the molecule is CCNC(=O)[C@H]1O[C@@H](n2cnc3c(NC(=O)Nc4ccc(S(=O)(=O)Nc5ccccn5)cc4)ncnc32)[C@H](O)[C@@H]1O. The van der Waals surface area contributed by atoms with Gasteiger partial charge in [-0.15, -0.1) is 0 Å². The summed E-state index contributed by atoms with van der Waals surface area (Å²) in [6, 6.07) is 9.57. The van der Waals surface area contributed by atoms with Crippen molar-refractivity contribution in [3.8, 4) is 0 Å². The van der Waals surface area contributed by atoms with Gasteiger partial charge in [-0.2, -0.15) is 0 Å². The van der Waals surface area contributed by atoms with Gasteiger partial charge in [-0.25, -0.2) is 33.1 Å². The molecule has 1 aromatic carbocycles. The van der Waals surface area contributed by atoms with E-state index in [1.54, 1.807) is 19.1 Å². The molecule has 1 saturated heterocycles. The number of ether oxygens (including phenoxy) is 1. The topological polar surface area (TPSA) is 223 Å². The Morgan fingerprint density at radius 1 is 1.00 bits per heavy atom. The average Bonchev–Trinajstić information content (AvgIpc) is 3.51. The van der Waals surface area contributed by atoms with E-state index in [1.807, 2.05) is 0 Å². The highest BCUT2D eigenvalue weighted by molar-refractivity contribution is 7.92. The Bertz CT molecular complexity index is 1670. The smallest absolute Gasteiger partial charge is 0.324 e. The molecule has 6 N–H and O–H groups in total. The van der Waals surface area contributed by atoms with Crippen LogP contribution < -0.4 is 20.7 Å². The van der Waals surface area contributed by atoms with Gasteiger partial charge in [-0.3, -0.25) is 19.4 Å². The molecule has 5 rings (SSSR count). The van der Waals surface area contributed by atoms with Crippen LogP contribution in [0, 0.1) is 0 Å². The second-order valence-electron chi connectivity index (χ2n) is 8.79. The van der Waals surface area contributed by atoms with Gasteiger partial charge in [0.15, 0.2) is 29.3 Å². The summed E-state index contributed by atoms with van der Waals surface area (Å²) < 4.78 is 34.5. The summed E-state index contributed by atoms with van der Waals surface area (Å²) in [4.78, 5) is 41.2. The van der Waals surface area contributed by atoms with Gasteiger partial charge in [-0.05, 0) is 43.3 Å². The molecule has 41 heavy (non-hydrogen) atoms. The van der Waals surface area contributed by atoms with Crippen LogP contribution >= 0.6 is 0 Å². The molecule has 0 spiro atoms. The first kappa shape index (κ1) is 27.8. The number of aliphatic hydroxyl groups excluding tert-OH is 2. The Labute approximate surface area is 232 Å². The molecule has 1 aliphatic rings. The highest BCUT2D eigenvalue weighted by Crippen LogP contribution is 2.32. The van der Waals surface area contributed by atoms with Gasteiger partial charge in [0.2, 0.25) is 0 Å². The lowest BCUT2D eigenvalue weighted by atomic mass is 10.1. The first-order valence-electron chi connectivity index (χ1n) is 12.3. The minimum absolute atomic E-state index is 0.0262. The Hall–Kier alpha value is -4.71. The summed E-state index contributed by atoms with van der Waals surface area (Å²) in [5.41, 5.74) is 0.609. The number of hydrogen-bond acceptors (Lipinski definition) is 11. The number of amides is 3. The van der Waals surface area contributed by atoms with Gasteiger partial charge in [0, 0.05) is 18.4 Å². The van der Waals surface area contributed by atoms with E-state index in [0.717, 1.165) is 6.33 Å². The second-order valence-corrected chi connectivity index (χ2v) is 10.5. The molecule has 1 fully saturated rings. The predicted molar refractivity (Wildman–Crippen MR) is 144 cm³/mol. The molecule has 214 valence electrons. The van der Waals surface area contributed by atoms with Crippen LogP contribution in [0.2, 0.25) is 0 Å². The number of aromatic nitrogens is 5. The molecular weight excluding hydrogens is 558 g/mol. The molecule has 0 saturated carbocycles.